The zero-order valence-corrected chi connectivity index (χ0v) is 26.8. The lowest BCUT2D eigenvalue weighted by atomic mass is 9.92. The maximum atomic E-state index is 13.4. The lowest BCUT2D eigenvalue weighted by molar-refractivity contribution is 0.262. The summed E-state index contributed by atoms with van der Waals surface area (Å²) in [5, 5.41) is 16.5. The Morgan fingerprint density at radius 1 is 0.804 bits per heavy atom. The summed E-state index contributed by atoms with van der Waals surface area (Å²) in [5.41, 5.74) is 8.06. The molecule has 0 fully saturated rings. The first kappa shape index (κ1) is 30.7. The summed E-state index contributed by atoms with van der Waals surface area (Å²) in [6.45, 7) is 10.1. The summed E-state index contributed by atoms with van der Waals surface area (Å²) < 4.78 is 1.79. The number of aromatic nitrogens is 3. The van der Waals surface area contributed by atoms with Crippen LogP contribution in [0.2, 0.25) is 0 Å². The van der Waals surface area contributed by atoms with Gasteiger partial charge in [-0.1, -0.05) is 99.1 Å². The van der Waals surface area contributed by atoms with Crippen LogP contribution in [0.5, 0.6) is 0 Å². The van der Waals surface area contributed by atoms with Crippen LogP contribution in [0, 0.1) is 6.92 Å². The maximum Gasteiger partial charge on any atom is 0.324 e. The smallest absolute Gasteiger partial charge is 0.312 e. The first-order valence-corrected chi connectivity index (χ1v) is 15.7. The second-order valence-electron chi connectivity index (χ2n) is 12.6. The van der Waals surface area contributed by atoms with Crippen LogP contribution >= 0.6 is 0 Å². The number of pyridine rings is 1. The van der Waals surface area contributed by atoms with Crippen LogP contribution in [0.25, 0.3) is 27.6 Å². The third-order valence-corrected chi connectivity index (χ3v) is 8.05. The minimum absolute atomic E-state index is 0.177. The normalized spacial score (nSPS) is 11.5. The monoisotopic (exact) mass is 608 g/mol. The van der Waals surface area contributed by atoms with Gasteiger partial charge in [0.15, 0.2) is 0 Å². The molecule has 232 valence electrons. The van der Waals surface area contributed by atoms with E-state index in [9.17, 15) is 4.79 Å². The van der Waals surface area contributed by atoms with Crippen LogP contribution < -0.4 is 16.0 Å². The Morgan fingerprint density at radius 3 is 2.26 bits per heavy atom. The van der Waals surface area contributed by atoms with Gasteiger partial charge in [0.05, 0.1) is 17.1 Å². The number of carbonyl (C=O) groups excluding carboxylic acids is 1. The van der Waals surface area contributed by atoms with Gasteiger partial charge in [-0.05, 0) is 59.3 Å². The average molecular weight is 609 g/mol. The molecule has 0 aliphatic rings. The summed E-state index contributed by atoms with van der Waals surface area (Å²) >= 11 is 0. The van der Waals surface area contributed by atoms with Crippen molar-refractivity contribution in [2.75, 3.05) is 17.2 Å². The Kier molecular flexibility index (Phi) is 8.94. The lowest BCUT2D eigenvalue weighted by Crippen LogP contribution is -2.21. The summed E-state index contributed by atoms with van der Waals surface area (Å²) in [6, 6.07) is 36.6. The van der Waals surface area contributed by atoms with E-state index in [4.69, 9.17) is 5.10 Å². The Balaban J connectivity index is 1.17. The van der Waals surface area contributed by atoms with E-state index in [1.807, 2.05) is 72.9 Å². The van der Waals surface area contributed by atoms with Gasteiger partial charge in [-0.25, -0.2) is 9.48 Å². The van der Waals surface area contributed by atoms with E-state index in [-0.39, 0.29) is 11.4 Å². The predicted molar refractivity (Wildman–Crippen MR) is 189 cm³/mol. The summed E-state index contributed by atoms with van der Waals surface area (Å²) in [5.74, 6) is 0.610. The zero-order chi connectivity index (χ0) is 32.1. The van der Waals surface area contributed by atoms with Gasteiger partial charge >= 0.3 is 6.03 Å². The highest BCUT2D eigenvalue weighted by Crippen LogP contribution is 2.34. The predicted octanol–water partition coefficient (Wildman–Crippen LogP) is 8.67. The number of urea groups is 1. The van der Waals surface area contributed by atoms with Crippen molar-refractivity contribution in [3.8, 4) is 16.8 Å². The molecule has 3 N–H and O–H groups in total. The minimum atomic E-state index is -0.327. The minimum Gasteiger partial charge on any atom is -0.312 e. The van der Waals surface area contributed by atoms with E-state index in [0.717, 1.165) is 69.7 Å². The molecule has 4 aromatic carbocycles. The quantitative estimate of drug-likeness (QED) is 0.143. The fourth-order valence-electron chi connectivity index (χ4n) is 5.45. The number of anilines is 2. The van der Waals surface area contributed by atoms with E-state index >= 15 is 0 Å². The lowest BCUT2D eigenvalue weighted by Gasteiger charge is -2.14. The number of nitrogens with zero attached hydrogens (tertiary/aromatic N) is 3. The highest BCUT2D eigenvalue weighted by molar-refractivity contribution is 6.09. The average Bonchev–Trinajstić information content (AvgIpc) is 3.49. The SMILES string of the molecule is Cc1ccc(-n2nc(C(C)(C)C)cc2NC(=O)Nc2ccc(-c3ccc(CNCCc4ccccn4)cc3)c3ccccc23)cc1. The number of benzene rings is 4. The van der Waals surface area contributed by atoms with Crippen molar-refractivity contribution in [1.29, 1.82) is 0 Å². The van der Waals surface area contributed by atoms with Crippen LogP contribution in [-0.2, 0) is 18.4 Å². The molecule has 7 nitrogen and oxygen atoms in total. The Morgan fingerprint density at radius 2 is 1.54 bits per heavy atom. The van der Waals surface area contributed by atoms with Crippen molar-refractivity contribution < 1.29 is 4.79 Å². The molecule has 0 saturated carbocycles. The molecule has 0 atom stereocenters. The first-order valence-electron chi connectivity index (χ1n) is 15.7. The van der Waals surface area contributed by atoms with Gasteiger partial charge in [0.25, 0.3) is 0 Å². The van der Waals surface area contributed by atoms with Crippen LogP contribution in [0.1, 0.15) is 43.3 Å². The molecule has 46 heavy (non-hydrogen) atoms. The second-order valence-corrected chi connectivity index (χ2v) is 12.6. The second kappa shape index (κ2) is 13.4. The molecule has 0 bridgehead atoms. The molecule has 0 unspecified atom stereocenters. The molecule has 2 heterocycles. The van der Waals surface area contributed by atoms with Gasteiger partial charge in [-0.15, -0.1) is 0 Å². The maximum absolute atomic E-state index is 13.4. The van der Waals surface area contributed by atoms with E-state index in [0.29, 0.717) is 5.82 Å². The Bertz CT molecular complexity index is 1940. The van der Waals surface area contributed by atoms with Gasteiger partial charge < -0.3 is 10.6 Å². The highest BCUT2D eigenvalue weighted by Gasteiger charge is 2.22. The number of carbonyl (C=O) groups is 1. The molecule has 0 aliphatic heterocycles. The van der Waals surface area contributed by atoms with E-state index < -0.39 is 0 Å². The molecule has 0 spiro atoms. The highest BCUT2D eigenvalue weighted by atomic mass is 16.2. The molecule has 0 radical (unpaired) electrons. The topological polar surface area (TPSA) is 83.9 Å². The van der Waals surface area contributed by atoms with Gasteiger partial charge in [-0.2, -0.15) is 5.10 Å². The van der Waals surface area contributed by atoms with Crippen LogP contribution in [0.4, 0.5) is 16.3 Å². The van der Waals surface area contributed by atoms with E-state index in [1.54, 1.807) is 4.68 Å². The summed E-state index contributed by atoms with van der Waals surface area (Å²) in [7, 11) is 0. The summed E-state index contributed by atoms with van der Waals surface area (Å²) in [4.78, 5) is 17.8. The third-order valence-electron chi connectivity index (χ3n) is 8.05. The van der Waals surface area contributed by atoms with Crippen molar-refractivity contribution in [1.82, 2.24) is 20.1 Å². The van der Waals surface area contributed by atoms with E-state index in [2.05, 4.69) is 91.1 Å². The molecular formula is C39H40N6O. The number of amides is 2. The number of rotatable bonds is 9. The van der Waals surface area contributed by atoms with Gasteiger partial charge in [0.1, 0.15) is 5.82 Å². The largest absolute Gasteiger partial charge is 0.324 e. The fraction of sp³-hybridized carbons (Fsp3) is 0.205. The molecule has 6 aromatic rings. The van der Waals surface area contributed by atoms with Crippen molar-refractivity contribution >= 4 is 28.3 Å². The van der Waals surface area contributed by atoms with Gasteiger partial charge in [0.2, 0.25) is 0 Å². The molecule has 2 amide bonds. The molecule has 7 heteroatoms. The first-order chi connectivity index (χ1) is 22.2. The van der Waals surface area contributed by atoms with Gasteiger partial charge in [0, 0.05) is 48.3 Å². The van der Waals surface area contributed by atoms with Gasteiger partial charge in [-0.3, -0.25) is 10.3 Å². The zero-order valence-electron chi connectivity index (χ0n) is 26.8. The Labute approximate surface area is 270 Å². The molecular weight excluding hydrogens is 568 g/mol. The van der Waals surface area contributed by atoms with Crippen LogP contribution in [0.15, 0.2) is 115 Å². The summed E-state index contributed by atoms with van der Waals surface area (Å²) in [6.07, 6.45) is 2.74. The van der Waals surface area contributed by atoms with Crippen molar-refractivity contribution in [2.45, 2.75) is 46.1 Å². The third kappa shape index (κ3) is 7.16. The molecule has 0 saturated heterocycles. The van der Waals surface area contributed by atoms with E-state index in [1.165, 1.54) is 5.56 Å². The standard InChI is InChI=1S/C39H40N6O/c1-27-12-18-31(19-13-27)45-37(25-36(44-45)39(2,3)4)43-38(46)42-35-21-20-32(33-10-5-6-11-34(33)35)29-16-14-28(15-17-29)26-40-24-22-30-9-7-8-23-41-30/h5-21,23,25,40H,22,24,26H2,1-4H3,(H2,42,43,46). The number of aryl methyl sites for hydroxylation is 1. The Hall–Kier alpha value is -5.27. The number of fused-ring (bicyclic) bond motifs is 1. The molecule has 0 aliphatic carbocycles. The number of nitrogens with one attached hydrogen (secondary N) is 3. The van der Waals surface area contributed by atoms with Crippen molar-refractivity contribution in [3.05, 3.63) is 138 Å². The van der Waals surface area contributed by atoms with Crippen LogP contribution in [0.3, 0.4) is 0 Å². The number of hydrogen-bond donors (Lipinski definition) is 3. The van der Waals surface area contributed by atoms with Crippen molar-refractivity contribution in [3.63, 3.8) is 0 Å². The van der Waals surface area contributed by atoms with Crippen LogP contribution in [-0.4, -0.2) is 27.3 Å². The fourth-order valence-corrected chi connectivity index (χ4v) is 5.45. The van der Waals surface area contributed by atoms with Crippen molar-refractivity contribution in [2.24, 2.45) is 0 Å². The molecule has 6 rings (SSSR count). The number of hydrogen-bond acceptors (Lipinski definition) is 4. The molecule has 2 aromatic heterocycles.